The van der Waals surface area contributed by atoms with E-state index in [0.717, 1.165) is 0 Å². The number of sulfonamides is 1. The van der Waals surface area contributed by atoms with E-state index in [1.165, 1.54) is 31.2 Å². The summed E-state index contributed by atoms with van der Waals surface area (Å²) < 4.78 is 33.5. The molecule has 3 aromatic rings. The molecule has 0 saturated carbocycles. The molecule has 0 aliphatic carbocycles. The second kappa shape index (κ2) is 7.77. The number of benzene rings is 2. The highest BCUT2D eigenvalue weighted by Gasteiger charge is 2.19. The zero-order valence-electron chi connectivity index (χ0n) is 15.6. The number of nitrogens with zero attached hydrogens (tertiary/aromatic N) is 2. The molecule has 0 spiro atoms. The number of carbonyl (C=O) groups is 1. The normalized spacial score (nSPS) is 11.1. The highest BCUT2D eigenvalue weighted by atomic mass is 32.2. The van der Waals surface area contributed by atoms with Crippen molar-refractivity contribution in [3.63, 3.8) is 0 Å². The van der Waals surface area contributed by atoms with E-state index < -0.39 is 10.0 Å². The topological polar surface area (TPSA) is 98.2 Å². The van der Waals surface area contributed by atoms with Crippen molar-refractivity contribution in [3.8, 4) is 11.8 Å². The summed E-state index contributed by atoms with van der Waals surface area (Å²) in [5.41, 5.74) is 1.60. The van der Waals surface area contributed by atoms with Crippen molar-refractivity contribution >= 4 is 21.5 Å². The second-order valence-corrected chi connectivity index (χ2v) is 7.84. The van der Waals surface area contributed by atoms with Gasteiger partial charge in [-0.3, -0.25) is 9.52 Å². The predicted molar refractivity (Wildman–Crippen MR) is 105 cm³/mol. The molecule has 28 heavy (non-hydrogen) atoms. The van der Waals surface area contributed by atoms with Gasteiger partial charge >= 0.3 is 6.01 Å². The maximum atomic E-state index is 12.7. The Morgan fingerprint density at radius 3 is 2.04 bits per heavy atom. The lowest BCUT2D eigenvalue weighted by molar-refractivity contribution is 0.101. The van der Waals surface area contributed by atoms with E-state index in [4.69, 9.17) is 4.74 Å². The average Bonchev–Trinajstić information content (AvgIpc) is 2.66. The van der Waals surface area contributed by atoms with Crippen molar-refractivity contribution in [2.45, 2.75) is 25.7 Å². The monoisotopic (exact) mass is 397 g/mol. The molecule has 8 heteroatoms. The number of aromatic nitrogens is 2. The van der Waals surface area contributed by atoms with Gasteiger partial charge in [-0.05, 0) is 45.0 Å². The van der Waals surface area contributed by atoms with Gasteiger partial charge in [0.2, 0.25) is 0 Å². The van der Waals surface area contributed by atoms with Crippen LogP contribution >= 0.6 is 0 Å². The number of rotatable bonds is 6. The van der Waals surface area contributed by atoms with Gasteiger partial charge in [0.15, 0.2) is 5.78 Å². The van der Waals surface area contributed by atoms with Crippen LogP contribution in [0.15, 0.2) is 59.5 Å². The van der Waals surface area contributed by atoms with Gasteiger partial charge in [0.1, 0.15) is 5.75 Å². The molecule has 144 valence electrons. The molecular weight excluding hydrogens is 378 g/mol. The molecule has 0 saturated heterocycles. The maximum Gasteiger partial charge on any atom is 0.322 e. The summed E-state index contributed by atoms with van der Waals surface area (Å²) in [6.45, 7) is 4.76. The fraction of sp³-hybridized carbons (Fsp3) is 0.150. The molecule has 0 atom stereocenters. The number of hydrogen-bond donors (Lipinski definition) is 1. The van der Waals surface area contributed by atoms with Gasteiger partial charge in [0.05, 0.1) is 22.0 Å². The first kappa shape index (κ1) is 19.5. The average molecular weight is 397 g/mol. The van der Waals surface area contributed by atoms with E-state index in [1.54, 1.807) is 26.0 Å². The summed E-state index contributed by atoms with van der Waals surface area (Å²) in [7, 11) is -3.85. The number of hydrogen-bond acceptors (Lipinski definition) is 6. The molecule has 1 N–H and O–H groups in total. The number of para-hydroxylation sites is 1. The van der Waals surface area contributed by atoms with Crippen molar-refractivity contribution in [2.24, 2.45) is 0 Å². The van der Waals surface area contributed by atoms with Crippen molar-refractivity contribution in [1.82, 2.24) is 9.97 Å². The SMILES string of the molecule is CC(=O)c1ccc(S(=O)(=O)Nc2c(C)nc(Oc3ccccc3)nc2C)cc1. The molecule has 1 aromatic heterocycles. The Balaban J connectivity index is 1.86. The third-order valence-corrected chi connectivity index (χ3v) is 5.38. The molecule has 0 unspecified atom stereocenters. The lowest BCUT2D eigenvalue weighted by atomic mass is 10.2. The van der Waals surface area contributed by atoms with E-state index in [2.05, 4.69) is 14.7 Å². The molecule has 0 aliphatic rings. The van der Waals surface area contributed by atoms with Gasteiger partial charge in [-0.1, -0.05) is 30.3 Å². The Labute approximate surface area is 163 Å². The molecule has 1 heterocycles. The van der Waals surface area contributed by atoms with Gasteiger partial charge in [0.25, 0.3) is 10.0 Å². The number of carbonyl (C=O) groups excluding carboxylic acids is 1. The first-order valence-corrected chi connectivity index (χ1v) is 9.96. The molecule has 7 nitrogen and oxygen atoms in total. The number of Topliss-reactive ketones (excluding diaryl/α,β-unsaturated/α-hetero) is 1. The number of ketones is 1. The maximum absolute atomic E-state index is 12.7. The highest BCUT2D eigenvalue weighted by Crippen LogP contribution is 2.25. The van der Waals surface area contributed by atoms with E-state index in [-0.39, 0.29) is 22.4 Å². The number of nitrogens with one attached hydrogen (secondary N) is 1. The van der Waals surface area contributed by atoms with Gasteiger partial charge in [-0.2, -0.15) is 9.97 Å². The fourth-order valence-corrected chi connectivity index (χ4v) is 3.71. The molecule has 0 aliphatic heterocycles. The van der Waals surface area contributed by atoms with Crippen molar-refractivity contribution in [3.05, 3.63) is 71.5 Å². The Kier molecular flexibility index (Phi) is 5.41. The van der Waals surface area contributed by atoms with Crippen LogP contribution in [0.1, 0.15) is 28.7 Å². The Morgan fingerprint density at radius 2 is 1.50 bits per heavy atom. The first-order chi connectivity index (χ1) is 13.3. The summed E-state index contributed by atoms with van der Waals surface area (Å²) in [6, 6.07) is 14.9. The minimum Gasteiger partial charge on any atom is -0.424 e. The van der Waals surface area contributed by atoms with Crippen LogP contribution in [-0.2, 0) is 10.0 Å². The predicted octanol–water partition coefficient (Wildman–Crippen LogP) is 3.89. The number of anilines is 1. The Morgan fingerprint density at radius 1 is 0.929 bits per heavy atom. The van der Waals surface area contributed by atoms with Crippen LogP contribution < -0.4 is 9.46 Å². The van der Waals surface area contributed by atoms with Crippen LogP contribution in [0.5, 0.6) is 11.8 Å². The van der Waals surface area contributed by atoms with E-state index in [1.807, 2.05) is 18.2 Å². The zero-order valence-corrected chi connectivity index (χ0v) is 16.4. The summed E-state index contributed by atoms with van der Waals surface area (Å²) in [5, 5.41) is 0. The third kappa shape index (κ3) is 4.34. The summed E-state index contributed by atoms with van der Waals surface area (Å²) in [4.78, 5) is 19.9. The quantitative estimate of drug-likeness (QED) is 0.634. The Bertz CT molecular complexity index is 1090. The molecule has 0 radical (unpaired) electrons. The first-order valence-electron chi connectivity index (χ1n) is 8.48. The molecule has 0 bridgehead atoms. The smallest absolute Gasteiger partial charge is 0.322 e. The van der Waals surface area contributed by atoms with Crippen molar-refractivity contribution in [2.75, 3.05) is 4.72 Å². The molecule has 2 aromatic carbocycles. The van der Waals surface area contributed by atoms with Crippen LogP contribution in [0.25, 0.3) is 0 Å². The standard InChI is InChI=1S/C20H19N3O4S/c1-13-19(14(2)22-20(21-13)27-17-7-5-4-6-8-17)23-28(25,26)18-11-9-16(10-12-18)15(3)24/h4-12,23H,1-3H3. The van der Waals surface area contributed by atoms with E-state index in [9.17, 15) is 13.2 Å². The van der Waals surface area contributed by atoms with Crippen molar-refractivity contribution < 1.29 is 17.9 Å². The fourth-order valence-electron chi connectivity index (χ4n) is 2.53. The van der Waals surface area contributed by atoms with Gasteiger partial charge in [0, 0.05) is 5.56 Å². The number of aryl methyl sites for hydroxylation is 2. The van der Waals surface area contributed by atoms with Gasteiger partial charge in [-0.15, -0.1) is 0 Å². The largest absolute Gasteiger partial charge is 0.424 e. The van der Waals surface area contributed by atoms with Gasteiger partial charge < -0.3 is 4.74 Å². The van der Waals surface area contributed by atoms with Crippen LogP contribution in [0.4, 0.5) is 5.69 Å². The van der Waals surface area contributed by atoms with E-state index >= 15 is 0 Å². The summed E-state index contributed by atoms with van der Waals surface area (Å²) in [5.74, 6) is 0.450. The second-order valence-electron chi connectivity index (χ2n) is 6.15. The van der Waals surface area contributed by atoms with Crippen LogP contribution in [-0.4, -0.2) is 24.2 Å². The summed E-state index contributed by atoms with van der Waals surface area (Å²) in [6.07, 6.45) is 0. The van der Waals surface area contributed by atoms with Crippen LogP contribution in [0.2, 0.25) is 0 Å². The lowest BCUT2D eigenvalue weighted by Crippen LogP contribution is -2.16. The third-order valence-electron chi connectivity index (χ3n) is 4.01. The molecule has 0 fully saturated rings. The molecular formula is C20H19N3O4S. The van der Waals surface area contributed by atoms with Gasteiger partial charge in [-0.25, -0.2) is 8.42 Å². The minimum atomic E-state index is -3.85. The summed E-state index contributed by atoms with van der Waals surface area (Å²) >= 11 is 0. The molecule has 0 amide bonds. The number of ether oxygens (including phenoxy) is 1. The van der Waals surface area contributed by atoms with E-state index in [0.29, 0.717) is 22.7 Å². The lowest BCUT2D eigenvalue weighted by Gasteiger charge is -2.14. The van der Waals surface area contributed by atoms with Crippen LogP contribution in [0.3, 0.4) is 0 Å². The van der Waals surface area contributed by atoms with Crippen molar-refractivity contribution in [1.29, 1.82) is 0 Å². The minimum absolute atomic E-state index is 0.0425. The zero-order chi connectivity index (χ0) is 20.3. The Hall–Kier alpha value is -3.26. The highest BCUT2D eigenvalue weighted by molar-refractivity contribution is 7.92. The van der Waals surface area contributed by atoms with Crippen LogP contribution in [0, 0.1) is 13.8 Å². The molecule has 3 rings (SSSR count).